The van der Waals surface area contributed by atoms with Crippen molar-refractivity contribution in [2.75, 3.05) is 0 Å². The Balaban J connectivity index is 1.86. The number of ether oxygens (including phenoxy) is 1. The van der Waals surface area contributed by atoms with Crippen molar-refractivity contribution in [1.82, 2.24) is 0 Å². The number of fused-ring (bicyclic) bond motifs is 6. The van der Waals surface area contributed by atoms with Gasteiger partial charge in [-0.25, -0.2) is 4.79 Å². The molecule has 3 nitrogen and oxygen atoms in total. The Labute approximate surface area is 170 Å². The largest absolute Gasteiger partial charge is 0.507 e. The van der Waals surface area contributed by atoms with Gasteiger partial charge in [0.05, 0.1) is 0 Å². The number of hydrogen-bond donors (Lipinski definition) is 1. The van der Waals surface area contributed by atoms with E-state index in [1.807, 2.05) is 6.07 Å². The van der Waals surface area contributed by atoms with Crippen molar-refractivity contribution in [2.24, 2.45) is 0 Å². The highest BCUT2D eigenvalue weighted by atomic mass is 35.5. The molecule has 1 N–H and O–H groups in total. The summed E-state index contributed by atoms with van der Waals surface area (Å²) in [5, 5.41) is 12.9. The van der Waals surface area contributed by atoms with E-state index in [9.17, 15) is 9.90 Å². The predicted molar refractivity (Wildman–Crippen MR) is 113 cm³/mol. The molecule has 0 fully saturated rings. The standard InChI is InChI=1S/C24H23ClO3/c1-4-20(26)28-24-17-9-8-16(25)12-19(17)23(27)21-15-10-14(7-5-6-13(2)3)18(11-15)22(21)24/h4,6,8-10,12,15,18,27H,1,5,7,11H2,2-3H3. The summed E-state index contributed by atoms with van der Waals surface area (Å²) in [4.78, 5) is 12.1. The molecule has 144 valence electrons. The smallest absolute Gasteiger partial charge is 0.335 e. The maximum absolute atomic E-state index is 12.1. The molecule has 0 amide bonds. The highest BCUT2D eigenvalue weighted by Crippen LogP contribution is 2.61. The van der Waals surface area contributed by atoms with Gasteiger partial charge in [0.1, 0.15) is 11.5 Å². The van der Waals surface area contributed by atoms with Crippen molar-refractivity contribution in [3.05, 3.63) is 70.3 Å². The van der Waals surface area contributed by atoms with E-state index >= 15 is 0 Å². The minimum Gasteiger partial charge on any atom is -0.507 e. The molecule has 4 heteroatoms. The number of hydrogen-bond acceptors (Lipinski definition) is 3. The van der Waals surface area contributed by atoms with E-state index in [1.54, 1.807) is 12.1 Å². The Morgan fingerprint density at radius 3 is 2.82 bits per heavy atom. The third kappa shape index (κ3) is 3.04. The van der Waals surface area contributed by atoms with Crippen LogP contribution >= 0.6 is 11.6 Å². The number of carbonyl (C=O) groups excluding carboxylic acids is 1. The molecule has 0 heterocycles. The lowest BCUT2D eigenvalue weighted by molar-refractivity contribution is -0.128. The Morgan fingerprint density at radius 1 is 1.32 bits per heavy atom. The second-order valence-electron chi connectivity index (χ2n) is 7.78. The normalized spacial score (nSPS) is 19.3. The monoisotopic (exact) mass is 394 g/mol. The molecule has 0 saturated carbocycles. The lowest BCUT2D eigenvalue weighted by atomic mass is 9.85. The van der Waals surface area contributed by atoms with Crippen LogP contribution in [0.25, 0.3) is 10.8 Å². The summed E-state index contributed by atoms with van der Waals surface area (Å²) in [7, 11) is 0. The molecular weight excluding hydrogens is 372 g/mol. The summed E-state index contributed by atoms with van der Waals surface area (Å²) >= 11 is 6.16. The predicted octanol–water partition coefficient (Wildman–Crippen LogP) is 6.55. The van der Waals surface area contributed by atoms with Gasteiger partial charge in [0, 0.05) is 44.8 Å². The van der Waals surface area contributed by atoms with Crippen LogP contribution in [0.4, 0.5) is 0 Å². The summed E-state index contributed by atoms with van der Waals surface area (Å²) < 4.78 is 5.71. The fourth-order valence-electron chi connectivity index (χ4n) is 4.56. The van der Waals surface area contributed by atoms with Gasteiger partial charge in [-0.2, -0.15) is 0 Å². The Hall–Kier alpha value is -2.52. The Bertz CT molecular complexity index is 1060. The van der Waals surface area contributed by atoms with Crippen LogP contribution in [0.3, 0.4) is 0 Å². The van der Waals surface area contributed by atoms with Gasteiger partial charge in [0.2, 0.25) is 0 Å². The Kier molecular flexibility index (Phi) is 4.80. The zero-order valence-corrected chi connectivity index (χ0v) is 16.8. The van der Waals surface area contributed by atoms with Crippen molar-refractivity contribution in [3.63, 3.8) is 0 Å². The minimum absolute atomic E-state index is 0.145. The number of halogens is 1. The summed E-state index contributed by atoms with van der Waals surface area (Å²) in [6.07, 6.45) is 8.56. The fraction of sp³-hybridized carbons (Fsp3) is 0.292. The third-order valence-electron chi connectivity index (χ3n) is 5.70. The molecule has 2 aromatic carbocycles. The van der Waals surface area contributed by atoms with Gasteiger partial charge in [-0.15, -0.1) is 0 Å². The summed E-state index contributed by atoms with van der Waals surface area (Å²) in [6.45, 7) is 7.73. The van der Waals surface area contributed by atoms with Crippen molar-refractivity contribution in [1.29, 1.82) is 0 Å². The molecule has 0 spiro atoms. The van der Waals surface area contributed by atoms with E-state index in [2.05, 4.69) is 32.6 Å². The number of phenolic OH excluding ortho intramolecular Hbond substituents is 1. The van der Waals surface area contributed by atoms with Gasteiger partial charge in [0.15, 0.2) is 0 Å². The average Bonchev–Trinajstić information content (AvgIpc) is 3.23. The first kappa shape index (κ1) is 18.8. The zero-order valence-electron chi connectivity index (χ0n) is 16.1. The van der Waals surface area contributed by atoms with Gasteiger partial charge < -0.3 is 9.84 Å². The van der Waals surface area contributed by atoms with Crippen LogP contribution in [-0.2, 0) is 4.79 Å². The Morgan fingerprint density at radius 2 is 2.11 bits per heavy atom. The molecule has 2 aliphatic carbocycles. The van der Waals surface area contributed by atoms with E-state index in [-0.39, 0.29) is 17.6 Å². The van der Waals surface area contributed by atoms with Crippen molar-refractivity contribution < 1.29 is 14.6 Å². The molecular formula is C24H23ClO3. The van der Waals surface area contributed by atoms with Gasteiger partial charge in [-0.1, -0.05) is 41.5 Å². The molecule has 28 heavy (non-hydrogen) atoms. The van der Waals surface area contributed by atoms with E-state index in [0.717, 1.165) is 30.4 Å². The maximum Gasteiger partial charge on any atom is 0.335 e. The number of phenols is 1. The first-order valence-corrected chi connectivity index (χ1v) is 9.94. The molecule has 0 aromatic heterocycles. The molecule has 4 rings (SSSR count). The summed E-state index contributed by atoms with van der Waals surface area (Å²) in [5.41, 5.74) is 4.49. The molecule has 2 unspecified atom stereocenters. The number of rotatable bonds is 5. The number of carbonyl (C=O) groups is 1. The van der Waals surface area contributed by atoms with E-state index < -0.39 is 5.97 Å². The lowest BCUT2D eigenvalue weighted by Crippen LogP contribution is -2.10. The summed E-state index contributed by atoms with van der Waals surface area (Å²) in [5.74, 6) is 0.597. The minimum atomic E-state index is -0.498. The quantitative estimate of drug-likeness (QED) is 0.271. The average molecular weight is 395 g/mol. The first-order chi connectivity index (χ1) is 13.4. The molecule has 0 saturated heterocycles. The molecule has 2 aliphatic rings. The van der Waals surface area contributed by atoms with Gasteiger partial charge in [-0.05, 0) is 51.3 Å². The van der Waals surface area contributed by atoms with E-state index in [4.69, 9.17) is 16.3 Å². The second-order valence-corrected chi connectivity index (χ2v) is 8.21. The van der Waals surface area contributed by atoms with Crippen molar-refractivity contribution >= 4 is 28.3 Å². The van der Waals surface area contributed by atoms with Crippen LogP contribution in [0.2, 0.25) is 5.02 Å². The van der Waals surface area contributed by atoms with Crippen LogP contribution in [0.5, 0.6) is 11.5 Å². The molecule has 0 radical (unpaired) electrons. The van der Waals surface area contributed by atoms with Gasteiger partial charge in [0.25, 0.3) is 0 Å². The molecule has 2 aromatic rings. The van der Waals surface area contributed by atoms with Gasteiger partial charge in [-0.3, -0.25) is 0 Å². The topological polar surface area (TPSA) is 46.5 Å². The van der Waals surface area contributed by atoms with Crippen LogP contribution in [0.15, 0.2) is 54.2 Å². The first-order valence-electron chi connectivity index (χ1n) is 9.56. The number of aromatic hydroxyl groups is 1. The van der Waals surface area contributed by atoms with Crippen LogP contribution < -0.4 is 4.74 Å². The van der Waals surface area contributed by atoms with E-state index in [0.29, 0.717) is 21.5 Å². The van der Waals surface area contributed by atoms with Crippen LogP contribution in [0, 0.1) is 0 Å². The highest BCUT2D eigenvalue weighted by molar-refractivity contribution is 6.31. The number of benzene rings is 2. The van der Waals surface area contributed by atoms with E-state index in [1.165, 1.54) is 17.2 Å². The molecule has 2 bridgehead atoms. The molecule has 0 aliphatic heterocycles. The number of allylic oxidation sites excluding steroid dienone is 4. The van der Waals surface area contributed by atoms with Crippen molar-refractivity contribution in [3.8, 4) is 11.5 Å². The zero-order chi connectivity index (χ0) is 20.0. The SMILES string of the molecule is C=CC(=O)Oc1c2c(c(O)c3cc(Cl)ccc13)C1C=C(CCC=C(C)C)C2C1. The second kappa shape index (κ2) is 7.14. The van der Waals surface area contributed by atoms with Gasteiger partial charge >= 0.3 is 5.97 Å². The fourth-order valence-corrected chi connectivity index (χ4v) is 4.73. The van der Waals surface area contributed by atoms with Crippen LogP contribution in [-0.4, -0.2) is 11.1 Å². The van der Waals surface area contributed by atoms with Crippen molar-refractivity contribution in [2.45, 2.75) is 44.9 Å². The number of esters is 1. The maximum atomic E-state index is 12.1. The highest BCUT2D eigenvalue weighted by Gasteiger charge is 2.43. The molecule has 2 atom stereocenters. The van der Waals surface area contributed by atoms with Crippen LogP contribution in [0.1, 0.15) is 56.1 Å². The lowest BCUT2D eigenvalue weighted by Gasteiger charge is -2.23. The third-order valence-corrected chi connectivity index (χ3v) is 5.93. The summed E-state index contributed by atoms with van der Waals surface area (Å²) in [6, 6.07) is 5.28.